The molecule has 0 aliphatic carbocycles. The Kier molecular flexibility index (Phi) is 3.64. The second-order valence-corrected chi connectivity index (χ2v) is 6.25. The molecular formula is C17H15BrN2O. The molecule has 0 bridgehead atoms. The summed E-state index contributed by atoms with van der Waals surface area (Å²) in [5, 5.41) is 0.635. The Labute approximate surface area is 131 Å². The molecule has 1 heterocycles. The topological polar surface area (TPSA) is 34.9 Å². The van der Waals surface area contributed by atoms with E-state index in [9.17, 15) is 4.79 Å². The largest absolute Gasteiger partial charge is 0.294 e. The van der Waals surface area contributed by atoms with Gasteiger partial charge in [-0.05, 0) is 37.6 Å². The van der Waals surface area contributed by atoms with Gasteiger partial charge in [0.05, 0.1) is 23.8 Å². The van der Waals surface area contributed by atoms with Crippen LogP contribution in [0.4, 0.5) is 0 Å². The zero-order valence-electron chi connectivity index (χ0n) is 11.9. The second-order valence-electron chi connectivity index (χ2n) is 5.34. The van der Waals surface area contributed by atoms with E-state index in [1.807, 2.05) is 18.2 Å². The maximum atomic E-state index is 12.6. The molecule has 0 unspecified atom stereocenters. The maximum Gasteiger partial charge on any atom is 0.261 e. The summed E-state index contributed by atoms with van der Waals surface area (Å²) in [7, 11) is 0. The van der Waals surface area contributed by atoms with Gasteiger partial charge in [-0.15, -0.1) is 0 Å². The van der Waals surface area contributed by atoms with Crippen molar-refractivity contribution in [3.8, 4) is 0 Å². The molecule has 4 heteroatoms. The fourth-order valence-corrected chi connectivity index (χ4v) is 2.96. The molecule has 106 valence electrons. The molecule has 0 atom stereocenters. The van der Waals surface area contributed by atoms with E-state index >= 15 is 0 Å². The Bertz CT molecular complexity index is 863. The molecule has 3 aromatic rings. The zero-order chi connectivity index (χ0) is 15.0. The van der Waals surface area contributed by atoms with E-state index in [2.05, 4.69) is 53.0 Å². The van der Waals surface area contributed by atoms with Gasteiger partial charge in [-0.3, -0.25) is 9.36 Å². The first-order valence-electron chi connectivity index (χ1n) is 6.75. The van der Waals surface area contributed by atoms with Crippen molar-refractivity contribution in [2.45, 2.75) is 20.4 Å². The Morgan fingerprint density at radius 2 is 1.81 bits per heavy atom. The van der Waals surface area contributed by atoms with Crippen LogP contribution in [0.3, 0.4) is 0 Å². The number of halogens is 1. The fraction of sp³-hybridized carbons (Fsp3) is 0.176. The molecule has 0 N–H and O–H groups in total. The van der Waals surface area contributed by atoms with Crippen LogP contribution in [-0.4, -0.2) is 9.55 Å². The van der Waals surface area contributed by atoms with Gasteiger partial charge >= 0.3 is 0 Å². The third-order valence-corrected chi connectivity index (χ3v) is 3.91. The number of aryl methyl sites for hydroxylation is 2. The molecule has 0 radical (unpaired) electrons. The molecule has 3 rings (SSSR count). The predicted octanol–water partition coefficient (Wildman–Crippen LogP) is 3.82. The van der Waals surface area contributed by atoms with Gasteiger partial charge in [-0.1, -0.05) is 45.3 Å². The number of nitrogens with zero attached hydrogens (tertiary/aromatic N) is 2. The van der Waals surface area contributed by atoms with E-state index in [4.69, 9.17) is 0 Å². The van der Waals surface area contributed by atoms with Crippen LogP contribution in [0.1, 0.15) is 16.7 Å². The minimum atomic E-state index is -0.0135. The highest BCUT2D eigenvalue weighted by Crippen LogP contribution is 2.15. The highest BCUT2D eigenvalue weighted by molar-refractivity contribution is 9.10. The molecule has 1 aromatic heterocycles. The summed E-state index contributed by atoms with van der Waals surface area (Å²) in [5.41, 5.74) is 4.23. The Hall–Kier alpha value is -1.94. The smallest absolute Gasteiger partial charge is 0.261 e. The van der Waals surface area contributed by atoms with Crippen LogP contribution in [0, 0.1) is 13.8 Å². The van der Waals surface area contributed by atoms with E-state index < -0.39 is 0 Å². The normalized spacial score (nSPS) is 11.0. The maximum absolute atomic E-state index is 12.6. The van der Waals surface area contributed by atoms with Crippen molar-refractivity contribution in [2.24, 2.45) is 0 Å². The highest BCUT2D eigenvalue weighted by Gasteiger charge is 2.06. The van der Waals surface area contributed by atoms with Crippen molar-refractivity contribution >= 4 is 26.8 Å². The van der Waals surface area contributed by atoms with Crippen molar-refractivity contribution in [3.05, 3.63) is 74.2 Å². The molecule has 21 heavy (non-hydrogen) atoms. The summed E-state index contributed by atoms with van der Waals surface area (Å²) in [6.07, 6.45) is 1.62. The molecule has 0 saturated heterocycles. The summed E-state index contributed by atoms with van der Waals surface area (Å²) in [4.78, 5) is 16.9. The molecule has 0 saturated carbocycles. The quantitative estimate of drug-likeness (QED) is 0.709. The van der Waals surface area contributed by atoms with Gasteiger partial charge in [0.15, 0.2) is 0 Å². The molecule has 0 fully saturated rings. The lowest BCUT2D eigenvalue weighted by molar-refractivity contribution is 0.747. The third-order valence-electron chi connectivity index (χ3n) is 3.42. The lowest BCUT2D eigenvalue weighted by Gasteiger charge is -2.09. The molecule has 0 spiro atoms. The summed E-state index contributed by atoms with van der Waals surface area (Å²) in [6.45, 7) is 4.67. The second kappa shape index (κ2) is 5.45. The van der Waals surface area contributed by atoms with Gasteiger partial charge in [0.1, 0.15) is 0 Å². The van der Waals surface area contributed by atoms with Gasteiger partial charge in [0, 0.05) is 4.47 Å². The standard InChI is InChI=1S/C17H15BrN2O/c1-11-5-12(2)7-13(6-11)9-20-10-19-16-4-3-14(18)8-15(16)17(20)21/h3-8,10H,9H2,1-2H3. The summed E-state index contributed by atoms with van der Waals surface area (Å²) in [5.74, 6) is 0. The zero-order valence-corrected chi connectivity index (χ0v) is 13.5. The molecule has 3 nitrogen and oxygen atoms in total. The summed E-state index contributed by atoms with van der Waals surface area (Å²) in [6, 6.07) is 11.9. The lowest BCUT2D eigenvalue weighted by atomic mass is 10.1. The minimum Gasteiger partial charge on any atom is -0.294 e. The molecule has 0 aliphatic rings. The Morgan fingerprint density at radius 3 is 2.52 bits per heavy atom. The van der Waals surface area contributed by atoms with Gasteiger partial charge in [0.2, 0.25) is 0 Å². The van der Waals surface area contributed by atoms with E-state index in [0.29, 0.717) is 11.9 Å². The van der Waals surface area contributed by atoms with Crippen LogP contribution < -0.4 is 5.56 Å². The Balaban J connectivity index is 2.08. The first-order valence-corrected chi connectivity index (χ1v) is 7.54. The average molecular weight is 343 g/mol. The lowest BCUT2D eigenvalue weighted by Crippen LogP contribution is -2.21. The van der Waals surface area contributed by atoms with Gasteiger partial charge in [0.25, 0.3) is 5.56 Å². The number of rotatable bonds is 2. The molecule has 2 aromatic carbocycles. The molecular weight excluding hydrogens is 328 g/mol. The average Bonchev–Trinajstić information content (AvgIpc) is 2.41. The van der Waals surface area contributed by atoms with Crippen LogP contribution in [0.15, 0.2) is 52.0 Å². The predicted molar refractivity (Wildman–Crippen MR) is 88.7 cm³/mol. The summed E-state index contributed by atoms with van der Waals surface area (Å²) >= 11 is 3.40. The van der Waals surface area contributed by atoms with Crippen LogP contribution >= 0.6 is 15.9 Å². The van der Waals surface area contributed by atoms with Crippen molar-refractivity contribution in [3.63, 3.8) is 0 Å². The van der Waals surface area contributed by atoms with Gasteiger partial charge in [-0.25, -0.2) is 4.98 Å². The van der Waals surface area contributed by atoms with Crippen molar-refractivity contribution < 1.29 is 0 Å². The van der Waals surface area contributed by atoms with Crippen molar-refractivity contribution in [2.75, 3.05) is 0 Å². The fourth-order valence-electron chi connectivity index (χ4n) is 2.60. The third kappa shape index (κ3) is 2.90. The number of hydrogen-bond acceptors (Lipinski definition) is 2. The van der Waals surface area contributed by atoms with Gasteiger partial charge in [-0.2, -0.15) is 0 Å². The van der Waals surface area contributed by atoms with E-state index in [1.165, 1.54) is 11.1 Å². The van der Waals surface area contributed by atoms with Crippen molar-refractivity contribution in [1.29, 1.82) is 0 Å². The van der Waals surface area contributed by atoms with Gasteiger partial charge < -0.3 is 0 Å². The van der Waals surface area contributed by atoms with E-state index in [0.717, 1.165) is 15.6 Å². The number of hydrogen-bond donors (Lipinski definition) is 0. The molecule has 0 aliphatic heterocycles. The number of aromatic nitrogens is 2. The van der Waals surface area contributed by atoms with Crippen molar-refractivity contribution in [1.82, 2.24) is 9.55 Å². The first kappa shape index (κ1) is 14.0. The molecule has 0 amide bonds. The number of benzene rings is 2. The van der Waals surface area contributed by atoms with Crippen LogP contribution in [0.25, 0.3) is 10.9 Å². The summed E-state index contributed by atoms with van der Waals surface area (Å²) < 4.78 is 2.54. The first-order chi connectivity index (χ1) is 10.0. The monoisotopic (exact) mass is 342 g/mol. The van der Waals surface area contributed by atoms with E-state index in [1.54, 1.807) is 10.9 Å². The number of fused-ring (bicyclic) bond motifs is 1. The minimum absolute atomic E-state index is 0.0135. The van der Waals surface area contributed by atoms with Crippen LogP contribution in [0.2, 0.25) is 0 Å². The van der Waals surface area contributed by atoms with E-state index in [-0.39, 0.29) is 5.56 Å². The van der Waals surface area contributed by atoms with Crippen LogP contribution in [-0.2, 0) is 6.54 Å². The van der Waals surface area contributed by atoms with Crippen LogP contribution in [0.5, 0.6) is 0 Å². The highest BCUT2D eigenvalue weighted by atomic mass is 79.9. The Morgan fingerprint density at radius 1 is 1.10 bits per heavy atom. The SMILES string of the molecule is Cc1cc(C)cc(Cn2cnc3ccc(Br)cc3c2=O)c1.